The monoisotopic (exact) mass is 319 g/mol. The van der Waals surface area contributed by atoms with Gasteiger partial charge in [0.2, 0.25) is 0 Å². The lowest BCUT2D eigenvalue weighted by Crippen LogP contribution is -2.37. The SMILES string of the molecule is O=C(c1ccccc1)C1CCN(Cn2ncsc2=S)CC1. The number of piperidine rings is 1. The third-order valence-corrected chi connectivity index (χ3v) is 5.01. The van der Waals surface area contributed by atoms with Gasteiger partial charge in [-0.2, -0.15) is 5.10 Å². The molecule has 0 amide bonds. The van der Waals surface area contributed by atoms with E-state index in [0.29, 0.717) is 0 Å². The molecular formula is C15H17N3OS2. The van der Waals surface area contributed by atoms with Crippen molar-refractivity contribution >= 4 is 29.3 Å². The summed E-state index contributed by atoms with van der Waals surface area (Å²) in [5.41, 5.74) is 2.60. The lowest BCUT2D eigenvalue weighted by atomic mass is 9.89. The van der Waals surface area contributed by atoms with Crippen molar-refractivity contribution in [2.24, 2.45) is 5.92 Å². The molecule has 0 spiro atoms. The van der Waals surface area contributed by atoms with Crippen molar-refractivity contribution < 1.29 is 4.79 Å². The summed E-state index contributed by atoms with van der Waals surface area (Å²) in [6.07, 6.45) is 1.82. The van der Waals surface area contributed by atoms with Crippen LogP contribution in [0.15, 0.2) is 35.8 Å². The van der Waals surface area contributed by atoms with Crippen LogP contribution in [0.2, 0.25) is 0 Å². The number of carbonyl (C=O) groups excluding carboxylic acids is 1. The number of rotatable bonds is 4. The maximum atomic E-state index is 12.4. The van der Waals surface area contributed by atoms with E-state index in [4.69, 9.17) is 12.2 Å². The van der Waals surface area contributed by atoms with E-state index in [0.717, 1.165) is 42.1 Å². The molecule has 0 saturated carbocycles. The number of nitrogens with zero attached hydrogens (tertiary/aromatic N) is 3. The van der Waals surface area contributed by atoms with Gasteiger partial charge in [-0.1, -0.05) is 41.7 Å². The highest BCUT2D eigenvalue weighted by molar-refractivity contribution is 7.73. The number of Topliss-reactive ketones (excluding diaryl/α,β-unsaturated/α-hetero) is 1. The van der Waals surface area contributed by atoms with Crippen molar-refractivity contribution in [3.63, 3.8) is 0 Å². The molecule has 1 saturated heterocycles. The van der Waals surface area contributed by atoms with Crippen molar-refractivity contribution in [2.45, 2.75) is 19.5 Å². The summed E-state index contributed by atoms with van der Waals surface area (Å²) in [6.45, 7) is 2.57. The average Bonchev–Trinajstić information content (AvgIpc) is 2.93. The second kappa shape index (κ2) is 6.60. The van der Waals surface area contributed by atoms with Crippen molar-refractivity contribution in [1.82, 2.24) is 14.7 Å². The Morgan fingerprint density at radius 1 is 1.29 bits per heavy atom. The van der Waals surface area contributed by atoms with Crippen molar-refractivity contribution in [2.75, 3.05) is 13.1 Å². The van der Waals surface area contributed by atoms with Crippen molar-refractivity contribution in [3.05, 3.63) is 45.4 Å². The van der Waals surface area contributed by atoms with E-state index < -0.39 is 0 Å². The van der Waals surface area contributed by atoms with Crippen LogP contribution in [0.1, 0.15) is 23.2 Å². The van der Waals surface area contributed by atoms with Gasteiger partial charge in [0.1, 0.15) is 5.51 Å². The van der Waals surface area contributed by atoms with Crippen LogP contribution in [0.3, 0.4) is 0 Å². The van der Waals surface area contributed by atoms with E-state index in [2.05, 4.69) is 10.00 Å². The summed E-state index contributed by atoms with van der Waals surface area (Å²) >= 11 is 6.70. The molecule has 21 heavy (non-hydrogen) atoms. The molecule has 0 unspecified atom stereocenters. The normalized spacial score (nSPS) is 17.0. The zero-order valence-corrected chi connectivity index (χ0v) is 13.3. The molecule has 3 rings (SSSR count). The molecule has 2 heterocycles. The molecule has 1 aromatic carbocycles. The summed E-state index contributed by atoms with van der Waals surface area (Å²) in [5.74, 6) is 0.424. The van der Waals surface area contributed by atoms with Crippen LogP contribution in [0.25, 0.3) is 0 Å². The van der Waals surface area contributed by atoms with Gasteiger partial charge in [0.15, 0.2) is 9.74 Å². The number of hydrogen-bond donors (Lipinski definition) is 0. The topological polar surface area (TPSA) is 38.1 Å². The minimum Gasteiger partial charge on any atom is -0.294 e. The Labute approximate surface area is 133 Å². The van der Waals surface area contributed by atoms with E-state index in [1.807, 2.05) is 35.0 Å². The van der Waals surface area contributed by atoms with Crippen LogP contribution >= 0.6 is 23.6 Å². The second-order valence-electron chi connectivity index (χ2n) is 5.27. The predicted octanol–water partition coefficient (Wildman–Crippen LogP) is 3.23. The summed E-state index contributed by atoms with van der Waals surface area (Å²) in [6, 6.07) is 9.60. The Balaban J connectivity index is 1.57. The molecule has 1 aromatic heterocycles. The fourth-order valence-corrected chi connectivity index (χ4v) is 3.40. The highest BCUT2D eigenvalue weighted by Crippen LogP contribution is 2.22. The first-order chi connectivity index (χ1) is 10.2. The molecular weight excluding hydrogens is 302 g/mol. The number of benzene rings is 1. The van der Waals surface area contributed by atoms with Crippen LogP contribution < -0.4 is 0 Å². The molecule has 1 aliphatic heterocycles. The smallest absolute Gasteiger partial charge is 0.180 e. The number of aromatic nitrogens is 2. The van der Waals surface area contributed by atoms with Gasteiger partial charge in [0.25, 0.3) is 0 Å². The van der Waals surface area contributed by atoms with Gasteiger partial charge < -0.3 is 0 Å². The molecule has 2 aromatic rings. The van der Waals surface area contributed by atoms with Gasteiger partial charge in [-0.25, -0.2) is 4.68 Å². The number of ketones is 1. The van der Waals surface area contributed by atoms with Crippen LogP contribution in [0.5, 0.6) is 0 Å². The lowest BCUT2D eigenvalue weighted by Gasteiger charge is -2.30. The number of likely N-dealkylation sites (tertiary alicyclic amines) is 1. The van der Waals surface area contributed by atoms with Crippen molar-refractivity contribution in [1.29, 1.82) is 0 Å². The first-order valence-corrected chi connectivity index (χ1v) is 8.35. The molecule has 0 atom stereocenters. The van der Waals surface area contributed by atoms with Crippen molar-refractivity contribution in [3.8, 4) is 0 Å². The first-order valence-electron chi connectivity index (χ1n) is 7.06. The molecule has 1 fully saturated rings. The molecule has 110 valence electrons. The number of hydrogen-bond acceptors (Lipinski definition) is 5. The van der Waals surface area contributed by atoms with Gasteiger partial charge >= 0.3 is 0 Å². The van der Waals surface area contributed by atoms with Gasteiger partial charge in [-0.3, -0.25) is 9.69 Å². The Bertz CT molecular complexity index is 657. The maximum absolute atomic E-state index is 12.4. The minimum atomic E-state index is 0.145. The van der Waals surface area contributed by atoms with Crippen LogP contribution in [-0.2, 0) is 6.67 Å². The second-order valence-corrected chi connectivity index (χ2v) is 6.75. The molecule has 1 aliphatic rings. The molecule has 0 N–H and O–H groups in total. The molecule has 6 heteroatoms. The van der Waals surface area contributed by atoms with Crippen LogP contribution in [-0.4, -0.2) is 33.6 Å². The summed E-state index contributed by atoms with van der Waals surface area (Å²) in [4.78, 5) is 14.7. The molecule has 4 nitrogen and oxygen atoms in total. The van der Waals surface area contributed by atoms with E-state index in [9.17, 15) is 4.79 Å². The molecule has 0 aliphatic carbocycles. The average molecular weight is 319 g/mol. The Morgan fingerprint density at radius 2 is 2.00 bits per heavy atom. The largest absolute Gasteiger partial charge is 0.294 e. The van der Waals surface area contributed by atoms with Crippen LogP contribution in [0.4, 0.5) is 0 Å². The third-order valence-electron chi connectivity index (χ3n) is 3.90. The van der Waals surface area contributed by atoms with Gasteiger partial charge in [-0.05, 0) is 25.1 Å². The predicted molar refractivity (Wildman–Crippen MR) is 86.0 cm³/mol. The fraction of sp³-hybridized carbons (Fsp3) is 0.400. The zero-order chi connectivity index (χ0) is 14.7. The zero-order valence-electron chi connectivity index (χ0n) is 11.6. The van der Waals surface area contributed by atoms with Gasteiger partial charge in [-0.15, -0.1) is 0 Å². The third kappa shape index (κ3) is 3.45. The van der Waals surface area contributed by atoms with E-state index in [1.165, 1.54) is 11.3 Å². The molecule has 0 radical (unpaired) electrons. The van der Waals surface area contributed by atoms with Gasteiger partial charge in [0, 0.05) is 24.6 Å². The Hall–Kier alpha value is -1.37. The summed E-state index contributed by atoms with van der Waals surface area (Å²) in [7, 11) is 0. The summed E-state index contributed by atoms with van der Waals surface area (Å²) < 4.78 is 2.65. The molecule has 0 bridgehead atoms. The first kappa shape index (κ1) is 14.6. The highest BCUT2D eigenvalue weighted by atomic mass is 32.1. The van der Waals surface area contributed by atoms with E-state index >= 15 is 0 Å². The number of carbonyl (C=O) groups is 1. The standard InChI is InChI=1S/C15H17N3OS2/c19-14(12-4-2-1-3-5-12)13-6-8-17(9-7-13)11-18-15(20)21-10-16-18/h1-5,10,13H,6-9,11H2. The van der Waals surface area contributed by atoms with E-state index in [1.54, 1.807) is 5.51 Å². The minimum absolute atomic E-state index is 0.145. The quantitative estimate of drug-likeness (QED) is 0.640. The Kier molecular flexibility index (Phi) is 4.57. The Morgan fingerprint density at radius 3 is 2.62 bits per heavy atom. The summed E-state index contributed by atoms with van der Waals surface area (Å²) in [5, 5.41) is 4.23. The fourth-order valence-electron chi connectivity index (χ4n) is 2.69. The lowest BCUT2D eigenvalue weighted by molar-refractivity contribution is 0.0804. The van der Waals surface area contributed by atoms with E-state index in [-0.39, 0.29) is 11.7 Å². The van der Waals surface area contributed by atoms with Gasteiger partial charge in [0.05, 0.1) is 6.67 Å². The van der Waals surface area contributed by atoms with Crippen LogP contribution in [0, 0.1) is 9.87 Å². The highest BCUT2D eigenvalue weighted by Gasteiger charge is 2.25. The maximum Gasteiger partial charge on any atom is 0.180 e.